The fourth-order valence-electron chi connectivity index (χ4n) is 3.57. The third-order valence-electron chi connectivity index (χ3n) is 5.27. The van der Waals surface area contributed by atoms with Crippen molar-refractivity contribution in [3.05, 3.63) is 56.7 Å². The van der Waals surface area contributed by atoms with Crippen molar-refractivity contribution in [1.82, 2.24) is 9.55 Å². The van der Waals surface area contributed by atoms with Crippen LogP contribution >= 0.6 is 23.1 Å². The maximum absolute atomic E-state index is 13.6. The highest BCUT2D eigenvalue weighted by Gasteiger charge is 2.28. The number of hydrogen-bond acceptors (Lipinski definition) is 7. The predicted molar refractivity (Wildman–Crippen MR) is 119 cm³/mol. The molecule has 0 unspecified atom stereocenters. The van der Waals surface area contributed by atoms with Crippen LogP contribution in [0.1, 0.15) is 29.9 Å². The van der Waals surface area contributed by atoms with Gasteiger partial charge in [-0.15, -0.1) is 11.3 Å². The van der Waals surface area contributed by atoms with Crippen molar-refractivity contribution in [2.75, 3.05) is 12.9 Å². The summed E-state index contributed by atoms with van der Waals surface area (Å²) >= 11 is 2.75. The Hall–Kier alpha value is -2.16. The molecule has 1 aliphatic rings. The van der Waals surface area contributed by atoms with Gasteiger partial charge < -0.3 is 9.47 Å². The first kappa shape index (κ1) is 21.1. The van der Waals surface area contributed by atoms with E-state index in [9.17, 15) is 9.59 Å². The molecule has 0 saturated carbocycles. The summed E-state index contributed by atoms with van der Waals surface area (Å²) in [7, 11) is 1.36. The van der Waals surface area contributed by atoms with Crippen molar-refractivity contribution in [3.8, 4) is 0 Å². The largest absolute Gasteiger partial charge is 0.468 e. The topological polar surface area (TPSA) is 70.4 Å². The molecule has 0 spiro atoms. The van der Waals surface area contributed by atoms with E-state index in [0.29, 0.717) is 29.6 Å². The number of esters is 1. The lowest BCUT2D eigenvalue weighted by molar-refractivity contribution is -0.137. The SMILES string of the molecule is COC(=O)CSc1nc2sc3c(c2c(=O)n1Cc1ccccc1)C[C@H](C(C)C)OC3. The van der Waals surface area contributed by atoms with E-state index in [0.717, 1.165) is 27.3 Å². The second-order valence-electron chi connectivity index (χ2n) is 7.62. The van der Waals surface area contributed by atoms with E-state index < -0.39 is 0 Å². The van der Waals surface area contributed by atoms with E-state index in [2.05, 4.69) is 13.8 Å². The molecule has 30 heavy (non-hydrogen) atoms. The standard InChI is InChI=1S/C22H24N2O4S2/c1-13(2)16-9-15-17(11-28-16)30-20-19(15)21(26)24(10-14-7-5-4-6-8-14)22(23-20)29-12-18(25)27-3/h4-8,13,16H,9-12H2,1-3H3/t16-/m1/s1. The van der Waals surface area contributed by atoms with Gasteiger partial charge in [-0.3, -0.25) is 14.2 Å². The third-order valence-corrected chi connectivity index (χ3v) is 7.32. The molecule has 0 aliphatic carbocycles. The average molecular weight is 445 g/mol. The zero-order valence-corrected chi connectivity index (χ0v) is 18.8. The molecule has 0 bridgehead atoms. The summed E-state index contributed by atoms with van der Waals surface area (Å²) in [5, 5.41) is 1.23. The molecule has 1 aromatic carbocycles. The Bertz CT molecular complexity index is 1120. The first-order chi connectivity index (χ1) is 14.5. The minimum atomic E-state index is -0.348. The second kappa shape index (κ2) is 8.91. The lowest BCUT2D eigenvalue weighted by Crippen LogP contribution is -2.29. The van der Waals surface area contributed by atoms with Gasteiger partial charge in [0, 0.05) is 11.3 Å². The number of thiophene rings is 1. The Morgan fingerprint density at radius 3 is 2.83 bits per heavy atom. The molecule has 0 saturated heterocycles. The normalized spacial score (nSPS) is 16.1. The first-order valence-corrected chi connectivity index (χ1v) is 11.7. The third kappa shape index (κ3) is 4.17. The number of fused-ring (bicyclic) bond motifs is 3. The molecule has 4 rings (SSSR count). The van der Waals surface area contributed by atoms with Gasteiger partial charge in [-0.2, -0.15) is 0 Å². The molecule has 3 heterocycles. The fourth-order valence-corrected chi connectivity index (χ4v) is 5.56. The van der Waals surface area contributed by atoms with Gasteiger partial charge in [0.25, 0.3) is 5.56 Å². The molecule has 8 heteroatoms. The quantitative estimate of drug-likeness (QED) is 0.327. The molecule has 1 atom stereocenters. The lowest BCUT2D eigenvalue weighted by atomic mass is 9.96. The number of benzene rings is 1. The minimum Gasteiger partial charge on any atom is -0.468 e. The Kier molecular flexibility index (Phi) is 6.26. The summed E-state index contributed by atoms with van der Waals surface area (Å²) in [5.74, 6) is 0.133. The van der Waals surface area contributed by atoms with Crippen LogP contribution in [-0.4, -0.2) is 34.5 Å². The van der Waals surface area contributed by atoms with E-state index in [1.165, 1.54) is 30.2 Å². The van der Waals surface area contributed by atoms with Crippen molar-refractivity contribution in [3.63, 3.8) is 0 Å². The van der Waals surface area contributed by atoms with Gasteiger partial charge in [0.2, 0.25) is 0 Å². The van der Waals surface area contributed by atoms with Crippen LogP contribution < -0.4 is 5.56 Å². The molecule has 6 nitrogen and oxygen atoms in total. The van der Waals surface area contributed by atoms with Crippen LogP contribution in [-0.2, 0) is 33.8 Å². The Balaban J connectivity index is 1.82. The van der Waals surface area contributed by atoms with E-state index in [4.69, 9.17) is 14.5 Å². The number of rotatable bonds is 6. The summed E-state index contributed by atoms with van der Waals surface area (Å²) in [6.45, 7) is 5.19. The van der Waals surface area contributed by atoms with Gasteiger partial charge >= 0.3 is 5.97 Å². The van der Waals surface area contributed by atoms with Gasteiger partial charge in [0.15, 0.2) is 5.16 Å². The smallest absolute Gasteiger partial charge is 0.316 e. The van der Waals surface area contributed by atoms with Crippen molar-refractivity contribution < 1.29 is 14.3 Å². The van der Waals surface area contributed by atoms with E-state index in [-0.39, 0.29) is 23.4 Å². The lowest BCUT2D eigenvalue weighted by Gasteiger charge is -2.26. The van der Waals surface area contributed by atoms with Crippen molar-refractivity contribution in [1.29, 1.82) is 0 Å². The van der Waals surface area contributed by atoms with Crippen LogP contribution in [0.4, 0.5) is 0 Å². The first-order valence-electron chi connectivity index (χ1n) is 9.88. The molecule has 0 radical (unpaired) electrons. The molecular weight excluding hydrogens is 420 g/mol. The summed E-state index contributed by atoms with van der Waals surface area (Å²) in [4.78, 5) is 31.9. The summed E-state index contributed by atoms with van der Waals surface area (Å²) in [6, 6.07) is 9.81. The highest BCUT2D eigenvalue weighted by atomic mass is 32.2. The number of hydrogen-bond donors (Lipinski definition) is 0. The summed E-state index contributed by atoms with van der Waals surface area (Å²) in [5.41, 5.74) is 2.02. The zero-order valence-electron chi connectivity index (χ0n) is 17.2. The van der Waals surface area contributed by atoms with Crippen LogP contribution in [0.5, 0.6) is 0 Å². The molecule has 158 valence electrons. The Labute approximate surface area is 183 Å². The molecular formula is C22H24N2O4S2. The van der Waals surface area contributed by atoms with Gasteiger partial charge in [0.05, 0.1) is 37.5 Å². The van der Waals surface area contributed by atoms with Crippen LogP contribution in [0.3, 0.4) is 0 Å². The molecule has 0 fully saturated rings. The van der Waals surface area contributed by atoms with Crippen LogP contribution in [0, 0.1) is 5.92 Å². The Morgan fingerprint density at radius 1 is 1.37 bits per heavy atom. The number of carbonyl (C=O) groups excluding carboxylic acids is 1. The average Bonchev–Trinajstić information content (AvgIpc) is 3.12. The molecule has 0 N–H and O–H groups in total. The monoisotopic (exact) mass is 444 g/mol. The molecule has 1 aliphatic heterocycles. The number of thioether (sulfide) groups is 1. The number of aromatic nitrogens is 2. The summed E-state index contributed by atoms with van der Waals surface area (Å²) < 4.78 is 12.4. The predicted octanol–water partition coefficient (Wildman–Crippen LogP) is 3.87. The van der Waals surface area contributed by atoms with Crippen molar-refractivity contribution in [2.24, 2.45) is 5.92 Å². The maximum Gasteiger partial charge on any atom is 0.316 e. The summed E-state index contributed by atoms with van der Waals surface area (Å²) in [6.07, 6.45) is 0.829. The number of nitrogens with zero attached hydrogens (tertiary/aromatic N) is 2. The highest BCUT2D eigenvalue weighted by Crippen LogP contribution is 2.36. The van der Waals surface area contributed by atoms with E-state index in [1.54, 1.807) is 4.57 Å². The van der Waals surface area contributed by atoms with Crippen molar-refractivity contribution in [2.45, 2.75) is 44.7 Å². The van der Waals surface area contributed by atoms with Crippen molar-refractivity contribution >= 4 is 39.3 Å². The van der Waals surface area contributed by atoms with E-state index in [1.807, 2.05) is 30.3 Å². The van der Waals surface area contributed by atoms with Crippen LogP contribution in [0.2, 0.25) is 0 Å². The van der Waals surface area contributed by atoms with Gasteiger partial charge in [-0.25, -0.2) is 4.98 Å². The van der Waals surface area contributed by atoms with Gasteiger partial charge in [0.1, 0.15) is 4.83 Å². The Morgan fingerprint density at radius 2 is 2.13 bits per heavy atom. The second-order valence-corrected chi connectivity index (χ2v) is 9.64. The fraction of sp³-hybridized carbons (Fsp3) is 0.409. The van der Waals surface area contributed by atoms with Gasteiger partial charge in [-0.05, 0) is 17.0 Å². The minimum absolute atomic E-state index is 0.0573. The van der Waals surface area contributed by atoms with Crippen LogP contribution in [0.15, 0.2) is 40.3 Å². The van der Waals surface area contributed by atoms with Gasteiger partial charge in [-0.1, -0.05) is 55.9 Å². The maximum atomic E-state index is 13.6. The molecule has 0 amide bonds. The number of methoxy groups -OCH3 is 1. The van der Waals surface area contributed by atoms with Crippen LogP contribution in [0.25, 0.3) is 10.2 Å². The number of carbonyl (C=O) groups is 1. The molecule has 2 aromatic heterocycles. The molecule has 3 aromatic rings. The van der Waals surface area contributed by atoms with E-state index >= 15 is 0 Å². The number of ether oxygens (including phenoxy) is 2. The zero-order chi connectivity index (χ0) is 21.3. The highest BCUT2D eigenvalue weighted by molar-refractivity contribution is 7.99.